The molecule has 0 aromatic heterocycles. The average molecular weight is 247 g/mol. The molecule has 3 unspecified atom stereocenters. The molecule has 2 aliphatic rings. The van der Waals surface area contributed by atoms with E-state index in [1.54, 1.807) is 0 Å². The van der Waals surface area contributed by atoms with Gasteiger partial charge in [0.15, 0.2) is 0 Å². The lowest BCUT2D eigenvalue weighted by Crippen LogP contribution is -2.51. The highest BCUT2D eigenvalue weighted by molar-refractivity contribution is 6.21. The van der Waals surface area contributed by atoms with Gasteiger partial charge < -0.3 is 9.47 Å². The highest BCUT2D eigenvalue weighted by atomic mass is 35.5. The number of alkyl halides is 1. The first-order valence-corrected chi connectivity index (χ1v) is 7.12. The van der Waals surface area contributed by atoms with Crippen molar-refractivity contribution in [2.45, 2.75) is 63.0 Å². The number of hydrogen-bond donors (Lipinski definition) is 0. The first-order chi connectivity index (χ1) is 7.81. The summed E-state index contributed by atoms with van der Waals surface area (Å²) in [6, 6.07) is 0. The van der Waals surface area contributed by atoms with Crippen molar-refractivity contribution < 1.29 is 9.47 Å². The van der Waals surface area contributed by atoms with Crippen LogP contribution in [0.5, 0.6) is 0 Å². The third-order valence-corrected chi connectivity index (χ3v) is 4.14. The molecule has 94 valence electrons. The fourth-order valence-electron chi connectivity index (χ4n) is 2.59. The maximum Gasteiger partial charge on any atom is 0.100 e. The molecule has 0 aromatic rings. The maximum atomic E-state index is 6.14. The third kappa shape index (κ3) is 3.12. The van der Waals surface area contributed by atoms with E-state index in [0.29, 0.717) is 0 Å². The van der Waals surface area contributed by atoms with Gasteiger partial charge in [0.1, 0.15) is 6.10 Å². The van der Waals surface area contributed by atoms with Crippen molar-refractivity contribution in [3.8, 4) is 0 Å². The van der Waals surface area contributed by atoms with Gasteiger partial charge in [0.25, 0.3) is 0 Å². The summed E-state index contributed by atoms with van der Waals surface area (Å²) in [5.74, 6) is 0.793. The number of ether oxygens (including phenoxy) is 2. The van der Waals surface area contributed by atoms with Gasteiger partial charge in [-0.05, 0) is 31.6 Å². The lowest BCUT2D eigenvalue weighted by molar-refractivity contribution is -0.130. The van der Waals surface area contributed by atoms with Gasteiger partial charge in [0, 0.05) is 13.2 Å². The second kappa shape index (κ2) is 6.23. The van der Waals surface area contributed by atoms with Crippen molar-refractivity contribution >= 4 is 11.6 Å². The normalized spacial score (nSPS) is 35.2. The van der Waals surface area contributed by atoms with Crippen LogP contribution in [0.3, 0.4) is 0 Å². The van der Waals surface area contributed by atoms with Crippen LogP contribution in [0.25, 0.3) is 0 Å². The molecule has 2 fully saturated rings. The fourth-order valence-corrected chi connectivity index (χ4v) is 3.00. The van der Waals surface area contributed by atoms with Crippen molar-refractivity contribution in [2.24, 2.45) is 5.92 Å². The Morgan fingerprint density at radius 3 is 2.56 bits per heavy atom. The summed E-state index contributed by atoms with van der Waals surface area (Å²) in [7, 11) is 0. The van der Waals surface area contributed by atoms with E-state index in [0.717, 1.165) is 32.0 Å². The topological polar surface area (TPSA) is 18.5 Å². The highest BCUT2D eigenvalue weighted by Gasteiger charge is 2.41. The average Bonchev–Trinajstić information content (AvgIpc) is 2.77. The van der Waals surface area contributed by atoms with E-state index in [4.69, 9.17) is 21.1 Å². The van der Waals surface area contributed by atoms with E-state index in [2.05, 4.69) is 6.92 Å². The third-order valence-electron chi connectivity index (χ3n) is 3.72. The quantitative estimate of drug-likeness (QED) is 0.669. The minimum absolute atomic E-state index is 0.142. The molecule has 2 nitrogen and oxygen atoms in total. The van der Waals surface area contributed by atoms with Crippen LogP contribution in [0.2, 0.25) is 0 Å². The number of rotatable bonds is 6. The molecule has 2 rings (SSSR count). The molecule has 16 heavy (non-hydrogen) atoms. The summed E-state index contributed by atoms with van der Waals surface area (Å²) in [6.07, 6.45) is 7.87. The molecule has 0 aliphatic heterocycles. The van der Waals surface area contributed by atoms with Crippen molar-refractivity contribution in [1.82, 2.24) is 0 Å². The van der Waals surface area contributed by atoms with Gasteiger partial charge in [-0.3, -0.25) is 0 Å². The van der Waals surface area contributed by atoms with E-state index < -0.39 is 0 Å². The molecule has 3 atom stereocenters. The molecule has 2 aliphatic carbocycles. The smallest absolute Gasteiger partial charge is 0.100 e. The molecule has 3 heteroatoms. The summed E-state index contributed by atoms with van der Waals surface area (Å²) in [4.78, 5) is 0. The summed E-state index contributed by atoms with van der Waals surface area (Å²) >= 11 is 6.14. The van der Waals surface area contributed by atoms with Crippen LogP contribution in [0.4, 0.5) is 0 Å². The van der Waals surface area contributed by atoms with Crippen molar-refractivity contribution in [1.29, 1.82) is 0 Å². The molecule has 0 spiro atoms. The van der Waals surface area contributed by atoms with Crippen LogP contribution in [0.15, 0.2) is 0 Å². The Morgan fingerprint density at radius 1 is 1.19 bits per heavy atom. The molecule has 0 aromatic carbocycles. The molecular weight excluding hydrogens is 224 g/mol. The molecule has 0 N–H and O–H groups in total. The zero-order valence-electron chi connectivity index (χ0n) is 10.2. The monoisotopic (exact) mass is 246 g/mol. The molecule has 0 bridgehead atoms. The van der Waals surface area contributed by atoms with Crippen LogP contribution in [-0.4, -0.2) is 30.8 Å². The van der Waals surface area contributed by atoms with Gasteiger partial charge in [-0.2, -0.15) is 0 Å². The maximum absolute atomic E-state index is 6.14. The van der Waals surface area contributed by atoms with Crippen molar-refractivity contribution in [3.63, 3.8) is 0 Å². The van der Waals surface area contributed by atoms with Gasteiger partial charge in [0.05, 0.1) is 11.5 Å². The predicted molar refractivity (Wildman–Crippen MR) is 66.0 cm³/mol. The Kier molecular flexibility index (Phi) is 4.93. The lowest BCUT2D eigenvalue weighted by atomic mass is 9.90. The number of hydrogen-bond acceptors (Lipinski definition) is 2. The van der Waals surface area contributed by atoms with E-state index >= 15 is 0 Å². The van der Waals surface area contributed by atoms with E-state index in [1.807, 2.05) is 0 Å². The summed E-state index contributed by atoms with van der Waals surface area (Å²) in [5, 5.41) is 0.167. The number of halogens is 1. The zero-order valence-corrected chi connectivity index (χ0v) is 10.9. The second-order valence-electron chi connectivity index (χ2n) is 5.11. The van der Waals surface area contributed by atoms with Crippen LogP contribution < -0.4 is 0 Å². The molecular formula is C13H23ClO2. The second-order valence-corrected chi connectivity index (χ2v) is 5.67. The van der Waals surface area contributed by atoms with Crippen molar-refractivity contribution in [3.05, 3.63) is 0 Å². The summed E-state index contributed by atoms with van der Waals surface area (Å²) in [6.45, 7) is 3.84. The van der Waals surface area contributed by atoms with Crippen LogP contribution in [0, 0.1) is 5.92 Å². The van der Waals surface area contributed by atoms with E-state index in [-0.39, 0.29) is 17.6 Å². The molecule has 0 heterocycles. The Morgan fingerprint density at radius 2 is 1.94 bits per heavy atom. The Balaban J connectivity index is 1.64. The van der Waals surface area contributed by atoms with Crippen molar-refractivity contribution in [2.75, 3.05) is 13.2 Å². The minimum Gasteiger partial charge on any atom is -0.375 e. The van der Waals surface area contributed by atoms with E-state index in [1.165, 1.54) is 25.7 Å². The SMILES string of the molecule is CCCOC1C(Cl)CC1OCC1CCCC1. The first kappa shape index (κ1) is 12.7. The Hall–Kier alpha value is 0.210. The van der Waals surface area contributed by atoms with Crippen LogP contribution in [0.1, 0.15) is 45.4 Å². The van der Waals surface area contributed by atoms with Crippen LogP contribution >= 0.6 is 11.6 Å². The Bertz CT molecular complexity index is 204. The predicted octanol–water partition coefficient (Wildman–Crippen LogP) is 3.37. The first-order valence-electron chi connectivity index (χ1n) is 6.68. The van der Waals surface area contributed by atoms with Gasteiger partial charge in [-0.25, -0.2) is 0 Å². The van der Waals surface area contributed by atoms with Gasteiger partial charge >= 0.3 is 0 Å². The van der Waals surface area contributed by atoms with E-state index in [9.17, 15) is 0 Å². The molecule has 0 amide bonds. The van der Waals surface area contributed by atoms with Gasteiger partial charge in [-0.15, -0.1) is 11.6 Å². The zero-order chi connectivity index (χ0) is 11.4. The van der Waals surface area contributed by atoms with Gasteiger partial charge in [-0.1, -0.05) is 19.8 Å². The molecule has 0 radical (unpaired) electrons. The summed E-state index contributed by atoms with van der Waals surface area (Å²) < 4.78 is 11.6. The lowest BCUT2D eigenvalue weighted by Gasteiger charge is -2.41. The largest absolute Gasteiger partial charge is 0.375 e. The van der Waals surface area contributed by atoms with Gasteiger partial charge in [0.2, 0.25) is 0 Å². The minimum atomic E-state index is 0.142. The standard InChI is InChI=1S/C13H23ClO2/c1-2-7-15-13-11(14)8-12(13)16-9-10-5-3-4-6-10/h10-13H,2-9H2,1H3. The Labute approximate surface area is 104 Å². The summed E-state index contributed by atoms with van der Waals surface area (Å²) in [5.41, 5.74) is 0. The molecule has 0 saturated heterocycles. The highest BCUT2D eigenvalue weighted by Crippen LogP contribution is 2.33. The fraction of sp³-hybridized carbons (Fsp3) is 1.00. The molecule has 2 saturated carbocycles. The van der Waals surface area contributed by atoms with Crippen LogP contribution in [-0.2, 0) is 9.47 Å².